The molecule has 3 N–H and O–H groups in total. The molecule has 0 spiro atoms. The molecular formula is C17H28N4O2. The predicted octanol–water partition coefficient (Wildman–Crippen LogP) is 2.27. The Morgan fingerprint density at radius 1 is 1.09 bits per heavy atom. The summed E-state index contributed by atoms with van der Waals surface area (Å²) >= 11 is 0. The van der Waals surface area contributed by atoms with Gasteiger partial charge in [0.1, 0.15) is 5.60 Å². The van der Waals surface area contributed by atoms with E-state index in [0.29, 0.717) is 19.6 Å². The van der Waals surface area contributed by atoms with Crippen LogP contribution >= 0.6 is 0 Å². The number of alkyl carbamates (subject to hydrolysis) is 1. The van der Waals surface area contributed by atoms with E-state index in [2.05, 4.69) is 20.9 Å². The Labute approximate surface area is 138 Å². The van der Waals surface area contributed by atoms with E-state index in [4.69, 9.17) is 4.74 Å². The lowest BCUT2D eigenvalue weighted by Crippen LogP contribution is -2.42. The minimum absolute atomic E-state index is 0.412. The summed E-state index contributed by atoms with van der Waals surface area (Å²) in [6.07, 6.45) is -0.412. The Balaban J connectivity index is 2.34. The van der Waals surface area contributed by atoms with Crippen LogP contribution in [-0.4, -0.2) is 37.3 Å². The SMILES string of the molecule is CCNC(=NCc1ccccc1)NCCNC(=O)OC(C)(C)C. The molecule has 0 atom stereocenters. The maximum Gasteiger partial charge on any atom is 0.407 e. The zero-order valence-corrected chi connectivity index (χ0v) is 14.5. The molecule has 1 amide bonds. The van der Waals surface area contributed by atoms with Crippen LogP contribution in [0, 0.1) is 0 Å². The second kappa shape index (κ2) is 9.71. The second-order valence-electron chi connectivity index (χ2n) is 6.04. The summed E-state index contributed by atoms with van der Waals surface area (Å²) in [5.41, 5.74) is 0.667. The lowest BCUT2D eigenvalue weighted by atomic mass is 10.2. The number of carbonyl (C=O) groups is 1. The average molecular weight is 320 g/mol. The molecule has 0 aliphatic carbocycles. The van der Waals surface area contributed by atoms with E-state index in [-0.39, 0.29) is 0 Å². The molecule has 0 aliphatic rings. The number of nitrogens with one attached hydrogen (secondary N) is 3. The van der Waals surface area contributed by atoms with Crippen molar-refractivity contribution in [2.75, 3.05) is 19.6 Å². The van der Waals surface area contributed by atoms with E-state index in [1.54, 1.807) is 0 Å². The summed E-state index contributed by atoms with van der Waals surface area (Å²) in [5.74, 6) is 0.724. The molecule has 0 aromatic heterocycles. The normalized spacial score (nSPS) is 11.7. The van der Waals surface area contributed by atoms with E-state index in [1.165, 1.54) is 0 Å². The van der Waals surface area contributed by atoms with Gasteiger partial charge in [0.05, 0.1) is 6.54 Å². The summed E-state index contributed by atoms with van der Waals surface area (Å²) < 4.78 is 5.17. The minimum atomic E-state index is -0.483. The molecule has 0 unspecified atom stereocenters. The van der Waals surface area contributed by atoms with Gasteiger partial charge in [-0.25, -0.2) is 9.79 Å². The van der Waals surface area contributed by atoms with Gasteiger partial charge in [0.15, 0.2) is 5.96 Å². The van der Waals surface area contributed by atoms with Crippen molar-refractivity contribution < 1.29 is 9.53 Å². The number of nitrogens with zero attached hydrogens (tertiary/aromatic N) is 1. The number of aliphatic imine (C=N–C) groups is 1. The summed E-state index contributed by atoms with van der Waals surface area (Å²) in [7, 11) is 0. The standard InChI is InChI=1S/C17H28N4O2/c1-5-18-15(21-13-14-9-7-6-8-10-14)19-11-12-20-16(22)23-17(2,3)4/h6-10H,5,11-13H2,1-4H3,(H,20,22)(H2,18,19,21). The highest BCUT2D eigenvalue weighted by Crippen LogP contribution is 2.06. The van der Waals surface area contributed by atoms with E-state index < -0.39 is 11.7 Å². The molecule has 23 heavy (non-hydrogen) atoms. The Morgan fingerprint density at radius 2 is 1.74 bits per heavy atom. The van der Waals surface area contributed by atoms with Gasteiger partial charge in [-0.05, 0) is 33.3 Å². The highest BCUT2D eigenvalue weighted by molar-refractivity contribution is 5.79. The smallest absolute Gasteiger partial charge is 0.407 e. The van der Waals surface area contributed by atoms with Gasteiger partial charge in [0.2, 0.25) is 0 Å². The van der Waals surface area contributed by atoms with Crippen molar-refractivity contribution >= 4 is 12.1 Å². The van der Waals surface area contributed by atoms with Gasteiger partial charge in [-0.15, -0.1) is 0 Å². The molecule has 0 fully saturated rings. The fourth-order valence-electron chi connectivity index (χ4n) is 1.76. The second-order valence-corrected chi connectivity index (χ2v) is 6.04. The van der Waals surface area contributed by atoms with Gasteiger partial charge in [0, 0.05) is 19.6 Å². The van der Waals surface area contributed by atoms with Crippen molar-refractivity contribution in [1.29, 1.82) is 0 Å². The Hall–Kier alpha value is -2.24. The van der Waals surface area contributed by atoms with Crippen LogP contribution in [0.15, 0.2) is 35.3 Å². The Kier molecular flexibility index (Phi) is 7.94. The topological polar surface area (TPSA) is 74.8 Å². The van der Waals surface area contributed by atoms with E-state index in [0.717, 1.165) is 18.1 Å². The van der Waals surface area contributed by atoms with Crippen molar-refractivity contribution in [1.82, 2.24) is 16.0 Å². The first-order valence-corrected chi connectivity index (χ1v) is 7.93. The summed E-state index contributed by atoms with van der Waals surface area (Å²) in [6.45, 7) is 9.94. The fraction of sp³-hybridized carbons (Fsp3) is 0.529. The third-order valence-corrected chi connectivity index (χ3v) is 2.69. The number of hydrogen-bond acceptors (Lipinski definition) is 3. The number of rotatable bonds is 6. The lowest BCUT2D eigenvalue weighted by molar-refractivity contribution is 0.0529. The number of guanidine groups is 1. The largest absolute Gasteiger partial charge is 0.444 e. The van der Waals surface area contributed by atoms with Gasteiger partial charge in [-0.3, -0.25) is 0 Å². The van der Waals surface area contributed by atoms with Gasteiger partial charge in [-0.2, -0.15) is 0 Å². The maximum atomic E-state index is 11.5. The van der Waals surface area contributed by atoms with Crippen LogP contribution in [0.2, 0.25) is 0 Å². The minimum Gasteiger partial charge on any atom is -0.444 e. The van der Waals surface area contributed by atoms with E-state index in [9.17, 15) is 4.79 Å². The van der Waals surface area contributed by atoms with Gasteiger partial charge in [-0.1, -0.05) is 30.3 Å². The molecule has 0 radical (unpaired) electrons. The van der Waals surface area contributed by atoms with E-state index in [1.807, 2.05) is 58.0 Å². The first kappa shape index (κ1) is 18.8. The first-order valence-electron chi connectivity index (χ1n) is 7.93. The lowest BCUT2D eigenvalue weighted by Gasteiger charge is -2.19. The number of ether oxygens (including phenoxy) is 1. The van der Waals surface area contributed by atoms with Crippen molar-refractivity contribution in [3.8, 4) is 0 Å². The molecule has 1 rings (SSSR count). The quantitative estimate of drug-likeness (QED) is 0.427. The predicted molar refractivity (Wildman–Crippen MR) is 93.5 cm³/mol. The van der Waals surface area contributed by atoms with Gasteiger partial charge in [0.25, 0.3) is 0 Å². The molecular weight excluding hydrogens is 292 g/mol. The molecule has 0 bridgehead atoms. The van der Waals surface area contributed by atoms with Crippen LogP contribution in [0.4, 0.5) is 4.79 Å². The molecule has 0 aliphatic heterocycles. The zero-order chi connectivity index (χ0) is 17.1. The van der Waals surface area contributed by atoms with Crippen LogP contribution < -0.4 is 16.0 Å². The number of carbonyl (C=O) groups excluding carboxylic acids is 1. The zero-order valence-electron chi connectivity index (χ0n) is 14.5. The van der Waals surface area contributed by atoms with Crippen molar-refractivity contribution in [3.05, 3.63) is 35.9 Å². The molecule has 0 heterocycles. The molecule has 0 saturated carbocycles. The van der Waals surface area contributed by atoms with Gasteiger partial charge >= 0.3 is 6.09 Å². The molecule has 128 valence electrons. The van der Waals surface area contributed by atoms with Gasteiger partial charge < -0.3 is 20.7 Å². The number of hydrogen-bond donors (Lipinski definition) is 3. The van der Waals surface area contributed by atoms with Crippen molar-refractivity contribution in [2.45, 2.75) is 39.8 Å². The van der Waals surface area contributed by atoms with Crippen LogP contribution in [-0.2, 0) is 11.3 Å². The van der Waals surface area contributed by atoms with E-state index >= 15 is 0 Å². The Bertz CT molecular complexity index is 495. The maximum absolute atomic E-state index is 11.5. The molecule has 1 aromatic rings. The highest BCUT2D eigenvalue weighted by Gasteiger charge is 2.15. The number of amides is 1. The summed E-state index contributed by atoms with van der Waals surface area (Å²) in [5, 5.41) is 9.06. The monoisotopic (exact) mass is 320 g/mol. The van der Waals surface area contributed by atoms with Crippen LogP contribution in [0.1, 0.15) is 33.3 Å². The molecule has 6 nitrogen and oxygen atoms in total. The molecule has 1 aromatic carbocycles. The highest BCUT2D eigenvalue weighted by atomic mass is 16.6. The average Bonchev–Trinajstić information content (AvgIpc) is 2.48. The summed E-state index contributed by atoms with van der Waals surface area (Å²) in [4.78, 5) is 16.0. The Morgan fingerprint density at radius 3 is 2.35 bits per heavy atom. The van der Waals surface area contributed by atoms with Crippen LogP contribution in [0.3, 0.4) is 0 Å². The van der Waals surface area contributed by atoms with Crippen molar-refractivity contribution in [2.24, 2.45) is 4.99 Å². The third-order valence-electron chi connectivity index (χ3n) is 2.69. The van der Waals surface area contributed by atoms with Crippen LogP contribution in [0.25, 0.3) is 0 Å². The fourth-order valence-corrected chi connectivity index (χ4v) is 1.76. The third kappa shape index (κ3) is 9.39. The van der Waals surface area contributed by atoms with Crippen LogP contribution in [0.5, 0.6) is 0 Å². The molecule has 6 heteroatoms. The first-order chi connectivity index (χ1) is 10.9. The number of benzene rings is 1. The summed E-state index contributed by atoms with van der Waals surface area (Å²) in [6, 6.07) is 10.1. The molecule has 0 saturated heterocycles. The van der Waals surface area contributed by atoms with Crippen molar-refractivity contribution in [3.63, 3.8) is 0 Å².